The highest BCUT2D eigenvalue weighted by atomic mass is 16.5. The van der Waals surface area contributed by atoms with Crippen LogP contribution in [0.1, 0.15) is 12.6 Å². The second-order valence-electron chi connectivity index (χ2n) is 2.90. The summed E-state index contributed by atoms with van der Waals surface area (Å²) >= 11 is 0. The van der Waals surface area contributed by atoms with Crippen molar-refractivity contribution in [1.82, 2.24) is 4.57 Å². The van der Waals surface area contributed by atoms with Crippen molar-refractivity contribution >= 4 is 0 Å². The Morgan fingerprint density at radius 2 is 2.33 bits per heavy atom. The van der Waals surface area contributed by atoms with E-state index in [2.05, 4.69) is 35.5 Å². The maximum absolute atomic E-state index is 5.01. The third-order valence-electron chi connectivity index (χ3n) is 1.99. The largest absolute Gasteiger partial charge is 0.381 e. The van der Waals surface area contributed by atoms with Gasteiger partial charge in [-0.15, -0.1) is 0 Å². The minimum absolute atomic E-state index is 0.777. The zero-order valence-corrected chi connectivity index (χ0v) is 8.08. The molecule has 12 heavy (non-hydrogen) atoms. The summed E-state index contributed by atoms with van der Waals surface area (Å²) in [6.07, 6.45) is 4.27. The van der Waals surface area contributed by atoms with Crippen LogP contribution < -0.4 is 4.57 Å². The lowest BCUT2D eigenvalue weighted by molar-refractivity contribution is -0.693. The molecule has 0 spiro atoms. The van der Waals surface area contributed by atoms with Crippen LogP contribution in [0.25, 0.3) is 0 Å². The molecule has 0 aliphatic rings. The smallest absolute Gasteiger partial charge is 0.244 e. The van der Waals surface area contributed by atoms with Gasteiger partial charge in [0.2, 0.25) is 6.33 Å². The van der Waals surface area contributed by atoms with E-state index in [1.54, 1.807) is 7.11 Å². The number of nitrogens with zero attached hydrogens (tertiary/aromatic N) is 2. The highest BCUT2D eigenvalue weighted by molar-refractivity contribution is 4.88. The van der Waals surface area contributed by atoms with Crippen molar-refractivity contribution in [2.24, 2.45) is 0 Å². The number of imidazole rings is 1. The summed E-state index contributed by atoms with van der Waals surface area (Å²) in [5.74, 6) is 0. The molecule has 0 saturated carbocycles. The average molecular weight is 169 g/mol. The molecule has 0 bridgehead atoms. The van der Waals surface area contributed by atoms with Crippen LogP contribution in [0.3, 0.4) is 0 Å². The Hall–Kier alpha value is -0.830. The van der Waals surface area contributed by atoms with Crippen molar-refractivity contribution in [2.45, 2.75) is 26.9 Å². The quantitative estimate of drug-likeness (QED) is 0.608. The van der Waals surface area contributed by atoms with Gasteiger partial charge in [-0.3, -0.25) is 0 Å². The van der Waals surface area contributed by atoms with Gasteiger partial charge >= 0.3 is 0 Å². The van der Waals surface area contributed by atoms with E-state index in [1.165, 1.54) is 5.69 Å². The minimum Gasteiger partial charge on any atom is -0.381 e. The normalized spacial score (nSPS) is 10.6. The second kappa shape index (κ2) is 4.26. The summed E-state index contributed by atoms with van der Waals surface area (Å²) < 4.78 is 9.39. The van der Waals surface area contributed by atoms with Crippen LogP contribution in [0.5, 0.6) is 0 Å². The summed E-state index contributed by atoms with van der Waals surface area (Å²) in [5, 5.41) is 0. The molecule has 68 valence electrons. The summed E-state index contributed by atoms with van der Waals surface area (Å²) in [6, 6.07) is 0. The van der Waals surface area contributed by atoms with E-state index >= 15 is 0 Å². The maximum atomic E-state index is 5.01. The lowest BCUT2D eigenvalue weighted by Crippen LogP contribution is -2.29. The third kappa shape index (κ3) is 2.08. The fraction of sp³-hybridized carbons (Fsp3) is 0.667. The molecule has 1 rings (SSSR count). The standard InChI is InChI=1S/C9H17N2O/c1-4-10-7-9(2)11(8-10)5-6-12-3/h7-8H,4-6H2,1-3H3/q+1. The van der Waals surface area contributed by atoms with E-state index < -0.39 is 0 Å². The molecule has 0 amide bonds. The summed E-state index contributed by atoms with van der Waals surface area (Å²) in [7, 11) is 1.73. The second-order valence-corrected chi connectivity index (χ2v) is 2.90. The van der Waals surface area contributed by atoms with Crippen LogP contribution in [0, 0.1) is 6.92 Å². The number of rotatable bonds is 4. The van der Waals surface area contributed by atoms with Gasteiger partial charge in [0.15, 0.2) is 0 Å². The van der Waals surface area contributed by atoms with Crippen molar-refractivity contribution in [3.63, 3.8) is 0 Å². The maximum Gasteiger partial charge on any atom is 0.244 e. The molecule has 0 N–H and O–H groups in total. The fourth-order valence-corrected chi connectivity index (χ4v) is 1.21. The van der Waals surface area contributed by atoms with Gasteiger partial charge in [0.25, 0.3) is 0 Å². The van der Waals surface area contributed by atoms with Gasteiger partial charge in [0, 0.05) is 14.0 Å². The molecule has 1 aromatic heterocycles. The molecule has 0 unspecified atom stereocenters. The summed E-state index contributed by atoms with van der Waals surface area (Å²) in [6.45, 7) is 7.00. The summed E-state index contributed by atoms with van der Waals surface area (Å²) in [4.78, 5) is 0. The number of hydrogen-bond acceptors (Lipinski definition) is 1. The Kier molecular flexibility index (Phi) is 3.29. The van der Waals surface area contributed by atoms with Gasteiger partial charge < -0.3 is 4.74 Å². The van der Waals surface area contributed by atoms with E-state index in [0.29, 0.717) is 0 Å². The molecular formula is C9H17N2O+. The molecule has 0 aliphatic heterocycles. The van der Waals surface area contributed by atoms with Crippen LogP contribution in [-0.4, -0.2) is 18.3 Å². The zero-order chi connectivity index (χ0) is 8.97. The Labute approximate surface area is 73.6 Å². The van der Waals surface area contributed by atoms with Gasteiger partial charge in [0.05, 0.1) is 13.2 Å². The molecule has 0 aromatic carbocycles. The van der Waals surface area contributed by atoms with Gasteiger partial charge in [0.1, 0.15) is 18.4 Å². The van der Waals surface area contributed by atoms with Gasteiger partial charge in [-0.2, -0.15) is 0 Å². The lowest BCUT2D eigenvalue weighted by atomic mass is 10.5. The first-order valence-corrected chi connectivity index (χ1v) is 4.32. The molecule has 0 radical (unpaired) electrons. The number of aryl methyl sites for hydroxylation is 2. The van der Waals surface area contributed by atoms with Crippen LogP contribution in [0.4, 0.5) is 0 Å². The summed E-state index contributed by atoms with van der Waals surface area (Å²) in [5.41, 5.74) is 1.29. The molecular weight excluding hydrogens is 152 g/mol. The first kappa shape index (κ1) is 9.26. The molecule has 3 heteroatoms. The first-order chi connectivity index (χ1) is 5.77. The van der Waals surface area contributed by atoms with Crippen LogP contribution >= 0.6 is 0 Å². The number of methoxy groups -OCH3 is 1. The van der Waals surface area contributed by atoms with Crippen LogP contribution in [-0.2, 0) is 17.8 Å². The highest BCUT2D eigenvalue weighted by Gasteiger charge is 2.06. The SMILES string of the molecule is CC[n+]1cc(C)n(CCOC)c1. The van der Waals surface area contributed by atoms with Crippen molar-refractivity contribution in [3.8, 4) is 0 Å². The minimum atomic E-state index is 0.777. The van der Waals surface area contributed by atoms with Crippen molar-refractivity contribution in [2.75, 3.05) is 13.7 Å². The van der Waals surface area contributed by atoms with Gasteiger partial charge in [-0.05, 0) is 6.92 Å². The van der Waals surface area contributed by atoms with E-state index in [4.69, 9.17) is 4.74 Å². The lowest BCUT2D eigenvalue weighted by Gasteiger charge is -1.95. The van der Waals surface area contributed by atoms with Crippen molar-refractivity contribution < 1.29 is 9.30 Å². The fourth-order valence-electron chi connectivity index (χ4n) is 1.21. The van der Waals surface area contributed by atoms with Crippen molar-refractivity contribution in [1.29, 1.82) is 0 Å². The number of aromatic nitrogens is 2. The number of hydrogen-bond donors (Lipinski definition) is 0. The predicted octanol–water partition coefficient (Wildman–Crippen LogP) is 0.750. The number of ether oxygens (including phenoxy) is 1. The van der Waals surface area contributed by atoms with E-state index in [0.717, 1.165) is 19.7 Å². The highest BCUT2D eigenvalue weighted by Crippen LogP contribution is 1.94. The molecule has 0 aliphatic carbocycles. The Morgan fingerprint density at radius 1 is 1.58 bits per heavy atom. The average Bonchev–Trinajstić information content (AvgIpc) is 2.43. The monoisotopic (exact) mass is 169 g/mol. The predicted molar refractivity (Wildman–Crippen MR) is 46.9 cm³/mol. The van der Waals surface area contributed by atoms with E-state index in [-0.39, 0.29) is 0 Å². The molecule has 3 nitrogen and oxygen atoms in total. The van der Waals surface area contributed by atoms with E-state index in [1.807, 2.05) is 0 Å². The first-order valence-electron chi connectivity index (χ1n) is 4.32. The molecule has 0 fully saturated rings. The Bertz CT molecular complexity index is 243. The van der Waals surface area contributed by atoms with Crippen LogP contribution in [0.2, 0.25) is 0 Å². The molecule has 0 atom stereocenters. The third-order valence-corrected chi connectivity index (χ3v) is 1.99. The van der Waals surface area contributed by atoms with Gasteiger partial charge in [-0.1, -0.05) is 0 Å². The topological polar surface area (TPSA) is 18.0 Å². The Morgan fingerprint density at radius 3 is 2.83 bits per heavy atom. The zero-order valence-electron chi connectivity index (χ0n) is 8.08. The molecule has 1 heterocycles. The molecule has 0 saturated heterocycles. The van der Waals surface area contributed by atoms with E-state index in [9.17, 15) is 0 Å². The molecule has 1 aromatic rings. The Balaban J connectivity index is 2.64. The van der Waals surface area contributed by atoms with Crippen LogP contribution in [0.15, 0.2) is 12.5 Å². The van der Waals surface area contributed by atoms with Gasteiger partial charge in [-0.25, -0.2) is 9.13 Å². The van der Waals surface area contributed by atoms with Crippen molar-refractivity contribution in [3.05, 3.63) is 18.2 Å².